The molecule has 5 nitrogen and oxygen atoms in total. The van der Waals surface area contributed by atoms with E-state index in [1.807, 2.05) is 61.5 Å². The van der Waals surface area contributed by atoms with Gasteiger partial charge in [0.05, 0.1) is 5.69 Å². The summed E-state index contributed by atoms with van der Waals surface area (Å²) >= 11 is 0. The number of carbonyl (C=O) groups is 1. The van der Waals surface area contributed by atoms with E-state index in [9.17, 15) is 4.79 Å². The molecule has 176 valence electrons. The summed E-state index contributed by atoms with van der Waals surface area (Å²) in [5, 5.41) is 0. The Morgan fingerprint density at radius 3 is 2.41 bits per heavy atom. The zero-order chi connectivity index (χ0) is 22.5. The Hall–Kier alpha value is -3.38. The number of halogens is 2. The van der Waals surface area contributed by atoms with Crippen LogP contribution >= 0.6 is 24.8 Å². The van der Waals surface area contributed by atoms with Crippen LogP contribution in [0.1, 0.15) is 18.1 Å². The van der Waals surface area contributed by atoms with E-state index in [0.29, 0.717) is 29.6 Å². The number of pyridine rings is 1. The molecule has 0 aliphatic carbocycles. The van der Waals surface area contributed by atoms with Crippen LogP contribution in [-0.4, -0.2) is 11.0 Å². The number of benzene rings is 3. The first-order valence-electron chi connectivity index (χ1n) is 10.4. The molecule has 0 spiro atoms. The second-order valence-electron chi connectivity index (χ2n) is 7.49. The maximum Gasteiger partial charge on any atom is 0.308 e. The molecule has 3 aromatic carbocycles. The van der Waals surface area contributed by atoms with E-state index in [-0.39, 0.29) is 30.8 Å². The maximum absolute atomic E-state index is 11.5. The molecule has 1 aromatic heterocycles. The summed E-state index contributed by atoms with van der Waals surface area (Å²) in [4.78, 5) is 16.1. The number of para-hydroxylation sites is 1. The molecule has 7 heteroatoms. The number of hydrogen-bond acceptors (Lipinski definition) is 5. The molecule has 4 rings (SSSR count). The summed E-state index contributed by atoms with van der Waals surface area (Å²) in [5.74, 6) is 1.22. The summed E-state index contributed by atoms with van der Waals surface area (Å²) in [6, 6.07) is 27.1. The van der Waals surface area contributed by atoms with Crippen LogP contribution in [0, 0.1) is 6.92 Å². The lowest BCUT2D eigenvalue weighted by molar-refractivity contribution is -0.131. The van der Waals surface area contributed by atoms with Crippen molar-refractivity contribution in [1.82, 2.24) is 4.98 Å². The molecule has 0 aliphatic heterocycles. The second-order valence-corrected chi connectivity index (χ2v) is 7.49. The Kier molecular flexibility index (Phi) is 9.63. The van der Waals surface area contributed by atoms with Crippen LogP contribution in [-0.2, 0) is 11.3 Å². The summed E-state index contributed by atoms with van der Waals surface area (Å²) in [5.41, 5.74) is 11.5. The van der Waals surface area contributed by atoms with Gasteiger partial charge in [-0.1, -0.05) is 42.5 Å². The van der Waals surface area contributed by atoms with Crippen molar-refractivity contribution in [1.29, 1.82) is 0 Å². The van der Waals surface area contributed by atoms with Crippen LogP contribution in [0.4, 0.5) is 0 Å². The monoisotopic (exact) mass is 496 g/mol. The number of hydrogen-bond donors (Lipinski definition) is 1. The fourth-order valence-electron chi connectivity index (χ4n) is 3.52. The third-order valence-electron chi connectivity index (χ3n) is 4.91. The van der Waals surface area contributed by atoms with Crippen LogP contribution in [0.5, 0.6) is 17.4 Å². The van der Waals surface area contributed by atoms with Gasteiger partial charge in [-0.2, -0.15) is 0 Å². The van der Waals surface area contributed by atoms with E-state index >= 15 is 0 Å². The molecule has 1 heterocycles. The van der Waals surface area contributed by atoms with Gasteiger partial charge in [-0.25, -0.2) is 4.98 Å². The van der Waals surface area contributed by atoms with Gasteiger partial charge in [-0.15, -0.1) is 24.8 Å². The molecule has 0 radical (unpaired) electrons. The number of nitrogens with zero attached hydrogens (tertiary/aromatic N) is 1. The van der Waals surface area contributed by atoms with Crippen molar-refractivity contribution in [3.8, 4) is 39.8 Å². The quantitative estimate of drug-likeness (QED) is 0.236. The Morgan fingerprint density at radius 2 is 1.65 bits per heavy atom. The number of aromatic nitrogens is 1. The van der Waals surface area contributed by atoms with Gasteiger partial charge in [0.2, 0.25) is 5.88 Å². The van der Waals surface area contributed by atoms with Gasteiger partial charge in [0, 0.05) is 25.1 Å². The topological polar surface area (TPSA) is 74.4 Å². The van der Waals surface area contributed by atoms with Crippen LogP contribution in [0.2, 0.25) is 0 Å². The predicted molar refractivity (Wildman–Crippen MR) is 140 cm³/mol. The molecule has 0 saturated heterocycles. The van der Waals surface area contributed by atoms with E-state index in [2.05, 4.69) is 23.2 Å². The highest BCUT2D eigenvalue weighted by atomic mass is 35.5. The predicted octanol–water partition coefficient (Wildman–Crippen LogP) is 6.74. The normalized spacial score (nSPS) is 9.97. The lowest BCUT2D eigenvalue weighted by atomic mass is 10.0. The van der Waals surface area contributed by atoms with Crippen molar-refractivity contribution >= 4 is 30.8 Å². The summed E-state index contributed by atoms with van der Waals surface area (Å²) < 4.78 is 11.4. The van der Waals surface area contributed by atoms with E-state index in [4.69, 9.17) is 15.2 Å². The number of rotatable bonds is 6. The molecule has 2 N–H and O–H groups in total. The average Bonchev–Trinajstić information content (AvgIpc) is 2.79. The van der Waals surface area contributed by atoms with Gasteiger partial charge in [0.15, 0.2) is 0 Å². The minimum atomic E-state index is -0.379. The molecule has 0 atom stereocenters. The Labute approximate surface area is 211 Å². The van der Waals surface area contributed by atoms with Crippen LogP contribution in [0.3, 0.4) is 0 Å². The van der Waals surface area contributed by atoms with Crippen molar-refractivity contribution < 1.29 is 14.3 Å². The highest BCUT2D eigenvalue weighted by Gasteiger charge is 2.11. The molecule has 0 amide bonds. The van der Waals surface area contributed by atoms with Crippen LogP contribution in [0.15, 0.2) is 84.9 Å². The van der Waals surface area contributed by atoms with Gasteiger partial charge in [-0.3, -0.25) is 4.79 Å². The lowest BCUT2D eigenvalue weighted by Gasteiger charge is -2.12. The average molecular weight is 497 g/mol. The summed E-state index contributed by atoms with van der Waals surface area (Å²) in [6.45, 7) is 3.90. The first-order chi connectivity index (χ1) is 15.5. The molecule has 34 heavy (non-hydrogen) atoms. The third kappa shape index (κ3) is 6.58. The van der Waals surface area contributed by atoms with Gasteiger partial charge >= 0.3 is 5.97 Å². The lowest BCUT2D eigenvalue weighted by Crippen LogP contribution is -2.03. The fraction of sp³-hybridized carbons (Fsp3) is 0.111. The number of aryl methyl sites for hydroxylation is 1. The SMILES string of the molecule is CC(=O)Oc1ccccc1-c1cccc(Oc2cc(C)cc(-c3cccc(CN)c3)c2)n1.Cl.Cl. The van der Waals surface area contributed by atoms with Gasteiger partial charge < -0.3 is 15.2 Å². The van der Waals surface area contributed by atoms with Crippen molar-refractivity contribution in [3.63, 3.8) is 0 Å². The molecular weight excluding hydrogens is 471 g/mol. The molecular formula is C27H26Cl2N2O3. The van der Waals surface area contributed by atoms with E-state index in [1.54, 1.807) is 12.1 Å². The fourth-order valence-corrected chi connectivity index (χ4v) is 3.52. The smallest absolute Gasteiger partial charge is 0.308 e. The first-order valence-corrected chi connectivity index (χ1v) is 10.4. The Bertz CT molecular complexity index is 1280. The zero-order valence-corrected chi connectivity index (χ0v) is 20.5. The number of esters is 1. The van der Waals surface area contributed by atoms with Gasteiger partial charge in [0.25, 0.3) is 0 Å². The van der Waals surface area contributed by atoms with Gasteiger partial charge in [-0.05, 0) is 65.6 Å². The minimum absolute atomic E-state index is 0. The third-order valence-corrected chi connectivity index (χ3v) is 4.91. The standard InChI is InChI=1S/C27H24N2O3.2ClH/c1-18-13-22(21-8-5-7-20(15-21)17-28)16-23(14-18)32-27-12-6-10-25(29-27)24-9-3-4-11-26(24)31-19(2)30;;/h3-16H,17,28H2,1-2H3;2*1H. The second kappa shape index (κ2) is 12.2. The molecule has 0 saturated carbocycles. The van der Waals surface area contributed by atoms with Crippen molar-refractivity contribution in [3.05, 3.63) is 96.1 Å². The Morgan fingerprint density at radius 1 is 0.882 bits per heavy atom. The van der Waals surface area contributed by atoms with Crippen molar-refractivity contribution in [2.75, 3.05) is 0 Å². The minimum Gasteiger partial charge on any atom is -0.439 e. The van der Waals surface area contributed by atoms with Crippen molar-refractivity contribution in [2.24, 2.45) is 5.73 Å². The molecule has 4 aromatic rings. The molecule has 0 aliphatic rings. The molecule has 0 unspecified atom stereocenters. The highest BCUT2D eigenvalue weighted by molar-refractivity contribution is 5.85. The van der Waals surface area contributed by atoms with E-state index in [0.717, 1.165) is 27.8 Å². The van der Waals surface area contributed by atoms with Gasteiger partial charge in [0.1, 0.15) is 11.5 Å². The zero-order valence-electron chi connectivity index (χ0n) is 18.9. The first kappa shape index (κ1) is 26.9. The Balaban J connectivity index is 0.00000204. The maximum atomic E-state index is 11.5. The van der Waals surface area contributed by atoms with Crippen LogP contribution in [0.25, 0.3) is 22.4 Å². The molecule has 0 fully saturated rings. The van der Waals surface area contributed by atoms with E-state index in [1.165, 1.54) is 6.92 Å². The van der Waals surface area contributed by atoms with E-state index < -0.39 is 0 Å². The largest absolute Gasteiger partial charge is 0.439 e. The number of ether oxygens (including phenoxy) is 2. The molecule has 0 bridgehead atoms. The summed E-state index contributed by atoms with van der Waals surface area (Å²) in [6.07, 6.45) is 0. The van der Waals surface area contributed by atoms with Crippen molar-refractivity contribution in [2.45, 2.75) is 20.4 Å². The van der Waals surface area contributed by atoms with Crippen LogP contribution < -0.4 is 15.2 Å². The number of nitrogens with two attached hydrogens (primary N) is 1. The summed E-state index contributed by atoms with van der Waals surface area (Å²) in [7, 11) is 0. The highest BCUT2D eigenvalue weighted by Crippen LogP contribution is 2.32. The number of carbonyl (C=O) groups excluding carboxylic acids is 1.